The first-order valence-electron chi connectivity index (χ1n) is 12.3. The molecule has 0 amide bonds. The summed E-state index contributed by atoms with van der Waals surface area (Å²) in [5.74, 6) is 0.520. The van der Waals surface area contributed by atoms with Crippen molar-refractivity contribution in [1.82, 2.24) is 0 Å². The molecule has 1 unspecified atom stereocenters. The zero-order valence-electron chi connectivity index (χ0n) is 18.9. The van der Waals surface area contributed by atoms with Crippen LogP contribution in [-0.4, -0.2) is 5.71 Å². The Morgan fingerprint density at radius 1 is 0.667 bits per heavy atom. The van der Waals surface area contributed by atoms with Crippen LogP contribution in [0.2, 0.25) is 0 Å². The van der Waals surface area contributed by atoms with Gasteiger partial charge in [-0.05, 0) is 69.6 Å². The second-order valence-corrected chi connectivity index (χ2v) is 9.56. The standard InChI is InChI=1S/C32H29N/c33-32(23-13-5-2-6-14-23)30-20-25-16-8-7-15-24(25)19-29(30)31-27-18-10-9-17-26(27)21-28(31)22-11-3-1-4-12-22/h1,3-4,7-12,15-21,23,31,33H,2,5-6,13-14H2. The van der Waals surface area contributed by atoms with E-state index in [1.807, 2.05) is 0 Å². The van der Waals surface area contributed by atoms with E-state index in [9.17, 15) is 5.41 Å². The summed E-state index contributed by atoms with van der Waals surface area (Å²) in [6.07, 6.45) is 8.46. The summed E-state index contributed by atoms with van der Waals surface area (Å²) in [5, 5.41) is 11.8. The third kappa shape index (κ3) is 3.62. The van der Waals surface area contributed by atoms with Crippen LogP contribution in [0.3, 0.4) is 0 Å². The van der Waals surface area contributed by atoms with Crippen molar-refractivity contribution in [2.45, 2.75) is 38.0 Å². The molecule has 0 radical (unpaired) electrons. The molecular weight excluding hydrogens is 398 g/mol. The molecule has 1 heteroatoms. The Morgan fingerprint density at radius 3 is 2.12 bits per heavy atom. The first-order chi connectivity index (χ1) is 16.3. The van der Waals surface area contributed by atoms with Gasteiger partial charge >= 0.3 is 0 Å². The van der Waals surface area contributed by atoms with E-state index in [0.717, 1.165) is 24.1 Å². The molecule has 0 heterocycles. The molecule has 1 fully saturated rings. The lowest BCUT2D eigenvalue weighted by molar-refractivity contribution is 0.438. The summed E-state index contributed by atoms with van der Waals surface area (Å²) in [5.41, 5.74) is 8.52. The van der Waals surface area contributed by atoms with Crippen LogP contribution in [0, 0.1) is 11.3 Å². The number of hydrogen-bond donors (Lipinski definition) is 1. The van der Waals surface area contributed by atoms with Gasteiger partial charge in [0.1, 0.15) is 0 Å². The van der Waals surface area contributed by atoms with Crippen LogP contribution in [0.4, 0.5) is 0 Å². The summed E-state index contributed by atoms with van der Waals surface area (Å²) < 4.78 is 0. The van der Waals surface area contributed by atoms with Crippen molar-refractivity contribution in [1.29, 1.82) is 5.41 Å². The topological polar surface area (TPSA) is 23.9 Å². The maximum absolute atomic E-state index is 9.34. The number of allylic oxidation sites excluding steroid dienone is 1. The summed E-state index contributed by atoms with van der Waals surface area (Å²) in [7, 11) is 0. The van der Waals surface area contributed by atoms with Crippen molar-refractivity contribution in [2.24, 2.45) is 5.92 Å². The van der Waals surface area contributed by atoms with Crippen molar-refractivity contribution in [3.8, 4) is 0 Å². The van der Waals surface area contributed by atoms with Gasteiger partial charge in [0.25, 0.3) is 0 Å². The molecule has 1 saturated carbocycles. The van der Waals surface area contributed by atoms with E-state index in [4.69, 9.17) is 0 Å². The summed E-state index contributed by atoms with van der Waals surface area (Å²) in [6, 6.07) is 32.8. The van der Waals surface area contributed by atoms with Crippen molar-refractivity contribution in [2.75, 3.05) is 0 Å². The zero-order valence-corrected chi connectivity index (χ0v) is 18.9. The Hall–Kier alpha value is -3.45. The van der Waals surface area contributed by atoms with Gasteiger partial charge in [-0.2, -0.15) is 0 Å². The average Bonchev–Trinajstić information content (AvgIpc) is 3.28. The van der Waals surface area contributed by atoms with Crippen LogP contribution >= 0.6 is 0 Å². The van der Waals surface area contributed by atoms with E-state index in [2.05, 4.69) is 97.1 Å². The van der Waals surface area contributed by atoms with Gasteiger partial charge in [-0.1, -0.05) is 98.1 Å². The number of nitrogens with one attached hydrogen (secondary N) is 1. The maximum Gasteiger partial charge on any atom is 0.0420 e. The van der Waals surface area contributed by atoms with E-state index in [-0.39, 0.29) is 5.92 Å². The Balaban J connectivity index is 1.57. The largest absolute Gasteiger partial charge is 0.304 e. The Bertz CT molecular complexity index is 1360. The number of fused-ring (bicyclic) bond motifs is 2. The third-order valence-electron chi connectivity index (χ3n) is 7.57. The molecule has 6 rings (SSSR count). The Labute approximate surface area is 196 Å². The molecule has 2 aliphatic rings. The van der Waals surface area contributed by atoms with E-state index in [1.165, 1.54) is 57.9 Å². The molecule has 0 saturated heterocycles. The first kappa shape index (κ1) is 20.2. The third-order valence-corrected chi connectivity index (χ3v) is 7.57. The molecule has 0 aromatic heterocycles. The fourth-order valence-electron chi connectivity index (χ4n) is 5.88. The van der Waals surface area contributed by atoms with Gasteiger partial charge in [0.2, 0.25) is 0 Å². The fourth-order valence-corrected chi connectivity index (χ4v) is 5.88. The van der Waals surface area contributed by atoms with Crippen molar-refractivity contribution >= 4 is 28.1 Å². The highest BCUT2D eigenvalue weighted by atomic mass is 14.5. The molecule has 2 aliphatic carbocycles. The van der Waals surface area contributed by atoms with Gasteiger partial charge in [-0.15, -0.1) is 0 Å². The fraction of sp³-hybridized carbons (Fsp3) is 0.219. The minimum Gasteiger partial charge on any atom is -0.304 e. The summed E-state index contributed by atoms with van der Waals surface area (Å²) >= 11 is 0. The van der Waals surface area contributed by atoms with Gasteiger partial charge < -0.3 is 5.41 Å². The molecule has 1 atom stereocenters. The molecule has 1 N–H and O–H groups in total. The van der Waals surface area contributed by atoms with E-state index in [0.29, 0.717) is 5.92 Å². The van der Waals surface area contributed by atoms with Gasteiger partial charge in [-0.3, -0.25) is 0 Å². The molecule has 162 valence electrons. The predicted octanol–water partition coefficient (Wildman–Crippen LogP) is 8.47. The highest BCUT2D eigenvalue weighted by molar-refractivity contribution is 6.06. The van der Waals surface area contributed by atoms with Crippen LogP contribution in [0.25, 0.3) is 22.4 Å². The monoisotopic (exact) mass is 427 g/mol. The van der Waals surface area contributed by atoms with Gasteiger partial charge in [-0.25, -0.2) is 0 Å². The predicted molar refractivity (Wildman–Crippen MR) is 140 cm³/mol. The molecule has 33 heavy (non-hydrogen) atoms. The highest BCUT2D eigenvalue weighted by Crippen LogP contribution is 2.48. The quantitative estimate of drug-likeness (QED) is 0.316. The van der Waals surface area contributed by atoms with Crippen molar-refractivity contribution < 1.29 is 0 Å². The molecule has 4 aromatic rings. The molecular formula is C32H29N. The molecule has 1 nitrogen and oxygen atoms in total. The zero-order chi connectivity index (χ0) is 22.2. The number of benzene rings is 4. The highest BCUT2D eigenvalue weighted by Gasteiger charge is 2.31. The average molecular weight is 428 g/mol. The molecule has 0 spiro atoms. The lowest BCUT2D eigenvalue weighted by Gasteiger charge is -2.27. The van der Waals surface area contributed by atoms with Crippen LogP contribution in [0.5, 0.6) is 0 Å². The normalized spacial score (nSPS) is 18.2. The minimum absolute atomic E-state index is 0.146. The SMILES string of the molecule is N=C(c1cc2ccccc2cc1C1C(c2ccccc2)=Cc2ccccc21)C1CCCCC1. The van der Waals surface area contributed by atoms with Crippen LogP contribution < -0.4 is 0 Å². The van der Waals surface area contributed by atoms with Crippen LogP contribution in [0.1, 0.15) is 65.8 Å². The molecule has 0 bridgehead atoms. The first-order valence-corrected chi connectivity index (χ1v) is 12.3. The summed E-state index contributed by atoms with van der Waals surface area (Å²) in [6.45, 7) is 0. The maximum atomic E-state index is 9.34. The van der Waals surface area contributed by atoms with Crippen molar-refractivity contribution in [3.05, 3.63) is 119 Å². The summed E-state index contributed by atoms with van der Waals surface area (Å²) in [4.78, 5) is 0. The van der Waals surface area contributed by atoms with Crippen LogP contribution in [0.15, 0.2) is 91.0 Å². The minimum atomic E-state index is 0.146. The van der Waals surface area contributed by atoms with Gasteiger partial charge in [0, 0.05) is 23.1 Å². The van der Waals surface area contributed by atoms with Crippen LogP contribution in [-0.2, 0) is 0 Å². The molecule has 0 aliphatic heterocycles. The van der Waals surface area contributed by atoms with E-state index >= 15 is 0 Å². The lowest BCUT2D eigenvalue weighted by atomic mass is 9.77. The van der Waals surface area contributed by atoms with Gasteiger partial charge in [0.05, 0.1) is 0 Å². The van der Waals surface area contributed by atoms with E-state index < -0.39 is 0 Å². The molecule has 4 aromatic carbocycles. The second-order valence-electron chi connectivity index (χ2n) is 9.56. The van der Waals surface area contributed by atoms with Gasteiger partial charge in [0.15, 0.2) is 0 Å². The van der Waals surface area contributed by atoms with Crippen molar-refractivity contribution in [3.63, 3.8) is 0 Å². The Kier molecular flexibility index (Phi) is 5.19. The smallest absolute Gasteiger partial charge is 0.0420 e. The number of hydrogen-bond acceptors (Lipinski definition) is 1. The second kappa shape index (κ2) is 8.48. The Morgan fingerprint density at radius 2 is 1.33 bits per heavy atom. The number of rotatable bonds is 4. The van der Waals surface area contributed by atoms with E-state index in [1.54, 1.807) is 0 Å². The lowest BCUT2D eigenvalue weighted by Crippen LogP contribution is -2.20.